The molecule has 0 atom stereocenters. The molecule has 0 bridgehead atoms. The molecule has 0 aliphatic rings. The number of sulfonamides is 1. The second kappa shape index (κ2) is 9.18. The third kappa shape index (κ3) is 5.30. The molecule has 8 heteroatoms. The summed E-state index contributed by atoms with van der Waals surface area (Å²) >= 11 is 0. The molecule has 7 nitrogen and oxygen atoms in total. The number of nitrogens with zero attached hydrogens (tertiary/aromatic N) is 1. The van der Waals surface area contributed by atoms with Crippen molar-refractivity contribution in [2.45, 2.75) is 24.7 Å². The molecule has 0 unspecified atom stereocenters. The van der Waals surface area contributed by atoms with Gasteiger partial charge in [0.1, 0.15) is 6.54 Å². The molecule has 144 valence electrons. The lowest BCUT2D eigenvalue weighted by molar-refractivity contribution is -0.135. The predicted octanol–water partition coefficient (Wildman–Crippen LogP) is 2.50. The van der Waals surface area contributed by atoms with Crippen LogP contribution in [0.15, 0.2) is 59.5 Å². The largest absolute Gasteiger partial charge is 0.480 e. The minimum Gasteiger partial charge on any atom is -0.480 e. The third-order valence-electron chi connectivity index (χ3n) is 3.84. The average molecular weight is 390 g/mol. The van der Waals surface area contributed by atoms with Crippen LogP contribution in [-0.4, -0.2) is 38.5 Å². The number of aliphatic carboxylic acids is 1. The van der Waals surface area contributed by atoms with E-state index in [0.29, 0.717) is 18.7 Å². The Kier molecular flexibility index (Phi) is 6.95. The van der Waals surface area contributed by atoms with Crippen molar-refractivity contribution in [3.63, 3.8) is 0 Å². The average Bonchev–Trinajstić information content (AvgIpc) is 2.67. The van der Waals surface area contributed by atoms with Gasteiger partial charge in [0.25, 0.3) is 15.9 Å². The van der Waals surface area contributed by atoms with Crippen LogP contribution in [0.25, 0.3) is 0 Å². The van der Waals surface area contributed by atoms with Crippen molar-refractivity contribution in [2.75, 3.05) is 17.4 Å². The summed E-state index contributed by atoms with van der Waals surface area (Å²) in [5, 5.41) is 10.9. The smallest absolute Gasteiger partial charge is 0.322 e. The summed E-state index contributed by atoms with van der Waals surface area (Å²) in [6.07, 6.45) is 1.52. The molecule has 2 N–H and O–H groups in total. The van der Waals surface area contributed by atoms with E-state index < -0.39 is 28.4 Å². The fourth-order valence-corrected chi connectivity index (χ4v) is 4.02. The van der Waals surface area contributed by atoms with Crippen molar-refractivity contribution >= 4 is 27.6 Å². The van der Waals surface area contributed by atoms with Crippen molar-refractivity contribution in [2.24, 2.45) is 0 Å². The first-order chi connectivity index (χ1) is 12.9. The number of anilines is 1. The van der Waals surface area contributed by atoms with Gasteiger partial charge in [-0.25, -0.2) is 8.42 Å². The molecule has 2 aromatic carbocycles. The zero-order valence-electron chi connectivity index (χ0n) is 15.0. The number of rotatable bonds is 9. The zero-order chi connectivity index (χ0) is 19.9. The van der Waals surface area contributed by atoms with E-state index in [9.17, 15) is 18.0 Å². The second-order valence-electron chi connectivity index (χ2n) is 5.87. The first kappa shape index (κ1) is 20.4. The van der Waals surface area contributed by atoms with Gasteiger partial charge in [0.15, 0.2) is 0 Å². The van der Waals surface area contributed by atoms with E-state index in [0.717, 1.165) is 6.42 Å². The highest BCUT2D eigenvalue weighted by atomic mass is 32.2. The summed E-state index contributed by atoms with van der Waals surface area (Å²) in [4.78, 5) is 22.6. The molecule has 2 rings (SSSR count). The number of benzene rings is 2. The van der Waals surface area contributed by atoms with Crippen LogP contribution in [0.4, 0.5) is 5.69 Å². The normalized spacial score (nSPS) is 11.0. The molecule has 0 spiro atoms. The first-order valence-corrected chi connectivity index (χ1v) is 9.98. The number of unbranched alkanes of at least 4 members (excludes halogenated alkanes) is 1. The van der Waals surface area contributed by atoms with E-state index in [1.165, 1.54) is 28.6 Å². The fourth-order valence-electron chi connectivity index (χ4n) is 2.47. The van der Waals surface area contributed by atoms with Crippen molar-refractivity contribution in [3.05, 3.63) is 60.2 Å². The van der Waals surface area contributed by atoms with Crippen molar-refractivity contribution in [1.82, 2.24) is 5.32 Å². The van der Waals surface area contributed by atoms with Crippen LogP contribution in [0.1, 0.15) is 30.1 Å². The van der Waals surface area contributed by atoms with Crippen LogP contribution in [0.2, 0.25) is 0 Å². The molecule has 1 amide bonds. The van der Waals surface area contributed by atoms with Crippen LogP contribution in [-0.2, 0) is 14.8 Å². The topological polar surface area (TPSA) is 104 Å². The summed E-state index contributed by atoms with van der Waals surface area (Å²) in [5.41, 5.74) is 0.632. The van der Waals surface area contributed by atoms with Crippen LogP contribution < -0.4 is 9.62 Å². The Balaban J connectivity index is 2.36. The van der Waals surface area contributed by atoms with Crippen LogP contribution in [0, 0.1) is 0 Å². The Labute approximate surface area is 158 Å². The minimum atomic E-state index is -3.88. The van der Waals surface area contributed by atoms with E-state index in [-0.39, 0.29) is 10.5 Å². The van der Waals surface area contributed by atoms with Crippen LogP contribution in [0.5, 0.6) is 0 Å². The highest BCUT2D eigenvalue weighted by molar-refractivity contribution is 7.92. The maximum Gasteiger partial charge on any atom is 0.322 e. The van der Waals surface area contributed by atoms with Gasteiger partial charge in [-0.05, 0) is 36.8 Å². The molecule has 2 aromatic rings. The molecule has 0 aliphatic carbocycles. The Morgan fingerprint density at radius 2 is 1.78 bits per heavy atom. The molecule has 0 heterocycles. The summed E-state index contributed by atoms with van der Waals surface area (Å²) in [7, 11) is -3.88. The number of carbonyl (C=O) groups excluding carboxylic acids is 1. The van der Waals surface area contributed by atoms with E-state index in [2.05, 4.69) is 5.32 Å². The van der Waals surface area contributed by atoms with Gasteiger partial charge in [-0.2, -0.15) is 0 Å². The van der Waals surface area contributed by atoms with Gasteiger partial charge in [-0.1, -0.05) is 37.6 Å². The number of carboxylic acid groups (broad SMARTS) is 1. The molecule has 0 saturated heterocycles. The van der Waals surface area contributed by atoms with E-state index in [1.54, 1.807) is 24.3 Å². The maximum absolute atomic E-state index is 13.2. The summed E-state index contributed by atoms with van der Waals surface area (Å²) in [5.74, 6) is -1.82. The van der Waals surface area contributed by atoms with Gasteiger partial charge < -0.3 is 10.4 Å². The number of hydrogen-bond acceptors (Lipinski definition) is 4. The monoisotopic (exact) mass is 390 g/mol. The van der Waals surface area contributed by atoms with Crippen LogP contribution in [0.3, 0.4) is 0 Å². The summed E-state index contributed by atoms with van der Waals surface area (Å²) < 4.78 is 27.7. The summed E-state index contributed by atoms with van der Waals surface area (Å²) in [6.45, 7) is 1.75. The van der Waals surface area contributed by atoms with E-state index in [4.69, 9.17) is 5.11 Å². The van der Waals surface area contributed by atoms with Crippen molar-refractivity contribution in [3.8, 4) is 0 Å². The van der Waals surface area contributed by atoms with Gasteiger partial charge in [0, 0.05) is 12.1 Å². The van der Waals surface area contributed by atoms with E-state index in [1.807, 2.05) is 13.0 Å². The number of carboxylic acids is 1. The van der Waals surface area contributed by atoms with Crippen molar-refractivity contribution < 1.29 is 23.1 Å². The predicted molar refractivity (Wildman–Crippen MR) is 102 cm³/mol. The van der Waals surface area contributed by atoms with Crippen molar-refractivity contribution in [1.29, 1.82) is 0 Å². The lowest BCUT2D eigenvalue weighted by atomic mass is 10.2. The molecular formula is C19H22N2O5S. The quantitative estimate of drug-likeness (QED) is 0.685. The first-order valence-electron chi connectivity index (χ1n) is 8.54. The highest BCUT2D eigenvalue weighted by Crippen LogP contribution is 2.24. The fraction of sp³-hybridized carbons (Fsp3) is 0.263. The molecule has 0 aliphatic heterocycles. The van der Waals surface area contributed by atoms with Gasteiger partial charge in [0.05, 0.1) is 10.6 Å². The second-order valence-corrected chi connectivity index (χ2v) is 7.73. The SMILES string of the molecule is CCCCN(c1ccccc1)S(=O)(=O)c1cccc(C(=O)NCC(=O)O)c1. The van der Waals surface area contributed by atoms with Gasteiger partial charge in [-0.15, -0.1) is 0 Å². The lowest BCUT2D eigenvalue weighted by Gasteiger charge is -2.24. The molecular weight excluding hydrogens is 368 g/mol. The number of amides is 1. The standard InChI is InChI=1S/C19H22N2O5S/c1-2-3-12-21(16-9-5-4-6-10-16)27(25,26)17-11-7-8-15(13-17)19(24)20-14-18(22)23/h4-11,13H,2-3,12,14H2,1H3,(H,20,24)(H,22,23). The number of para-hydroxylation sites is 1. The molecule has 0 aromatic heterocycles. The van der Waals surface area contributed by atoms with Crippen LogP contribution >= 0.6 is 0 Å². The molecule has 0 radical (unpaired) electrons. The number of nitrogens with one attached hydrogen (secondary N) is 1. The molecule has 0 saturated carbocycles. The van der Waals surface area contributed by atoms with Gasteiger partial charge >= 0.3 is 5.97 Å². The third-order valence-corrected chi connectivity index (χ3v) is 5.67. The Bertz CT molecular complexity index is 897. The number of carbonyl (C=O) groups is 2. The molecule has 0 fully saturated rings. The summed E-state index contributed by atoms with van der Waals surface area (Å²) in [6, 6.07) is 14.4. The highest BCUT2D eigenvalue weighted by Gasteiger charge is 2.25. The molecule has 27 heavy (non-hydrogen) atoms. The minimum absolute atomic E-state index is 0.0227. The van der Waals surface area contributed by atoms with Gasteiger partial charge in [-0.3, -0.25) is 13.9 Å². The zero-order valence-corrected chi connectivity index (χ0v) is 15.8. The van der Waals surface area contributed by atoms with E-state index >= 15 is 0 Å². The Hall–Kier alpha value is -2.87. The Morgan fingerprint density at radius 3 is 2.41 bits per heavy atom. The number of hydrogen-bond donors (Lipinski definition) is 2. The van der Waals surface area contributed by atoms with Gasteiger partial charge in [0.2, 0.25) is 0 Å². The Morgan fingerprint density at radius 1 is 1.07 bits per heavy atom. The lowest BCUT2D eigenvalue weighted by Crippen LogP contribution is -2.32. The maximum atomic E-state index is 13.2.